The van der Waals surface area contributed by atoms with Crippen LogP contribution in [0.1, 0.15) is 10.4 Å². The number of rotatable bonds is 4. The molecule has 128 valence electrons. The molecule has 0 saturated heterocycles. The Kier molecular flexibility index (Phi) is 3.89. The van der Waals surface area contributed by atoms with Gasteiger partial charge in [0.05, 0.1) is 27.0 Å². The van der Waals surface area contributed by atoms with E-state index in [1.807, 2.05) is 4.98 Å². The van der Waals surface area contributed by atoms with Crippen molar-refractivity contribution in [3.8, 4) is 0 Å². The van der Waals surface area contributed by atoms with Crippen LogP contribution in [0.25, 0.3) is 10.9 Å². The van der Waals surface area contributed by atoms with Crippen LogP contribution in [0.3, 0.4) is 0 Å². The number of carboxylic acids is 1. The van der Waals surface area contributed by atoms with Crippen molar-refractivity contribution in [2.24, 2.45) is 0 Å². The molecule has 0 spiro atoms. The van der Waals surface area contributed by atoms with E-state index in [4.69, 9.17) is 5.11 Å². The highest BCUT2D eigenvalue weighted by Gasteiger charge is 2.19. The molecule has 1 heterocycles. The van der Waals surface area contributed by atoms with Crippen LogP contribution >= 0.6 is 0 Å². The lowest BCUT2D eigenvalue weighted by molar-refractivity contribution is 0.0698. The molecule has 1 aromatic heterocycles. The zero-order chi connectivity index (χ0) is 18.2. The van der Waals surface area contributed by atoms with Crippen LogP contribution < -0.4 is 16.0 Å². The average molecular weight is 361 g/mol. The molecule has 0 aliphatic carbocycles. The van der Waals surface area contributed by atoms with E-state index in [0.717, 1.165) is 6.07 Å². The second-order valence-electron chi connectivity index (χ2n) is 5.07. The quantitative estimate of drug-likeness (QED) is 0.538. The lowest BCUT2D eigenvalue weighted by atomic mass is 10.2. The number of aromatic carboxylic acids is 1. The van der Waals surface area contributed by atoms with E-state index in [9.17, 15) is 22.8 Å². The first-order valence-electron chi connectivity index (χ1n) is 6.89. The van der Waals surface area contributed by atoms with Crippen LogP contribution in [-0.4, -0.2) is 29.5 Å². The van der Waals surface area contributed by atoms with Gasteiger partial charge < -0.3 is 10.1 Å². The maximum absolute atomic E-state index is 12.5. The Balaban J connectivity index is 2.09. The molecular formula is C15H11N3O6S. The van der Waals surface area contributed by atoms with Crippen molar-refractivity contribution >= 4 is 32.6 Å². The summed E-state index contributed by atoms with van der Waals surface area (Å²) in [7, 11) is -4.13. The highest BCUT2D eigenvalue weighted by atomic mass is 32.2. The van der Waals surface area contributed by atoms with Crippen LogP contribution in [0.15, 0.2) is 56.9 Å². The Labute approximate surface area is 140 Å². The number of carbonyl (C=O) groups is 1. The van der Waals surface area contributed by atoms with Crippen LogP contribution in [0.4, 0.5) is 5.69 Å². The highest BCUT2D eigenvalue weighted by Crippen LogP contribution is 2.21. The van der Waals surface area contributed by atoms with E-state index in [1.165, 1.54) is 36.4 Å². The number of sulfonamides is 1. The Morgan fingerprint density at radius 1 is 1.04 bits per heavy atom. The molecule has 0 saturated carbocycles. The van der Waals surface area contributed by atoms with Crippen LogP contribution in [0.5, 0.6) is 0 Å². The first-order valence-corrected chi connectivity index (χ1v) is 8.38. The molecule has 0 aliphatic rings. The molecule has 0 unspecified atom stereocenters. The van der Waals surface area contributed by atoms with Gasteiger partial charge in [-0.1, -0.05) is 12.1 Å². The maximum atomic E-state index is 12.5. The van der Waals surface area contributed by atoms with Gasteiger partial charge in [0.1, 0.15) is 0 Å². The topological polar surface area (TPSA) is 149 Å². The van der Waals surface area contributed by atoms with Crippen molar-refractivity contribution in [2.75, 3.05) is 4.72 Å². The van der Waals surface area contributed by atoms with Gasteiger partial charge in [-0.3, -0.25) is 14.5 Å². The van der Waals surface area contributed by atoms with Crippen molar-refractivity contribution in [2.45, 2.75) is 4.90 Å². The molecule has 3 aromatic rings. The Hall–Kier alpha value is -3.40. The third-order valence-electron chi connectivity index (χ3n) is 3.42. The summed E-state index contributed by atoms with van der Waals surface area (Å²) in [4.78, 5) is 38.3. The van der Waals surface area contributed by atoms with Gasteiger partial charge in [-0.2, -0.15) is 0 Å². The van der Waals surface area contributed by atoms with Crippen molar-refractivity contribution in [3.63, 3.8) is 0 Å². The average Bonchev–Trinajstić information content (AvgIpc) is 2.54. The summed E-state index contributed by atoms with van der Waals surface area (Å²) in [6.07, 6.45) is 0. The minimum atomic E-state index is -4.13. The van der Waals surface area contributed by atoms with Crippen molar-refractivity contribution in [3.05, 3.63) is 68.9 Å². The fourth-order valence-electron chi connectivity index (χ4n) is 2.28. The fourth-order valence-corrected chi connectivity index (χ4v) is 3.38. The van der Waals surface area contributed by atoms with Crippen molar-refractivity contribution in [1.29, 1.82) is 0 Å². The van der Waals surface area contributed by atoms with Gasteiger partial charge in [0.2, 0.25) is 0 Å². The summed E-state index contributed by atoms with van der Waals surface area (Å²) in [6, 6.07) is 9.09. The first-order chi connectivity index (χ1) is 11.8. The number of aromatic nitrogens is 2. The predicted octanol–water partition coefficient (Wildman–Crippen LogP) is 0.715. The number of hydrogen-bond donors (Lipinski definition) is 4. The Bertz CT molecular complexity index is 1210. The number of nitrogens with one attached hydrogen (secondary N) is 3. The van der Waals surface area contributed by atoms with Crippen LogP contribution in [-0.2, 0) is 10.0 Å². The number of carboxylic acid groups (broad SMARTS) is 1. The zero-order valence-corrected chi connectivity index (χ0v) is 13.3. The smallest absolute Gasteiger partial charge is 0.337 e. The molecule has 4 N–H and O–H groups in total. The lowest BCUT2D eigenvalue weighted by Gasteiger charge is -2.10. The van der Waals surface area contributed by atoms with E-state index in [2.05, 4.69) is 9.71 Å². The third-order valence-corrected chi connectivity index (χ3v) is 4.79. The number of anilines is 1. The summed E-state index contributed by atoms with van der Waals surface area (Å²) in [5, 5.41) is 9.24. The Morgan fingerprint density at radius 2 is 1.76 bits per heavy atom. The van der Waals surface area contributed by atoms with Gasteiger partial charge in [0.15, 0.2) is 0 Å². The van der Waals surface area contributed by atoms with E-state index < -0.39 is 27.2 Å². The Morgan fingerprint density at radius 3 is 2.48 bits per heavy atom. The van der Waals surface area contributed by atoms with E-state index in [0.29, 0.717) is 0 Å². The maximum Gasteiger partial charge on any atom is 0.337 e. The van der Waals surface area contributed by atoms with E-state index >= 15 is 0 Å². The summed E-state index contributed by atoms with van der Waals surface area (Å²) < 4.78 is 27.2. The van der Waals surface area contributed by atoms with Crippen molar-refractivity contribution in [1.82, 2.24) is 9.97 Å². The highest BCUT2D eigenvalue weighted by molar-refractivity contribution is 7.92. The largest absolute Gasteiger partial charge is 0.478 e. The van der Waals surface area contributed by atoms with Gasteiger partial charge in [0.25, 0.3) is 15.6 Å². The van der Waals surface area contributed by atoms with Crippen LogP contribution in [0, 0.1) is 0 Å². The number of hydrogen-bond acceptors (Lipinski definition) is 5. The molecule has 0 atom stereocenters. The second kappa shape index (κ2) is 5.91. The molecule has 0 aliphatic heterocycles. The standard InChI is InChI=1S/C15H11N3O6S/c19-13-9-6-5-8(7-12(9)16-15(22)17-13)25(23,24)18-11-4-2-1-3-10(11)14(20)21/h1-7,18H,(H,20,21)(H2,16,17,19,22). The molecule has 0 bridgehead atoms. The van der Waals surface area contributed by atoms with Crippen LogP contribution in [0.2, 0.25) is 0 Å². The summed E-state index contributed by atoms with van der Waals surface area (Å²) in [5.74, 6) is -1.28. The molecule has 25 heavy (non-hydrogen) atoms. The summed E-state index contributed by atoms with van der Waals surface area (Å²) >= 11 is 0. The number of aromatic amines is 2. The normalized spacial score (nSPS) is 11.4. The lowest BCUT2D eigenvalue weighted by Crippen LogP contribution is -2.22. The van der Waals surface area contributed by atoms with Crippen molar-refractivity contribution < 1.29 is 18.3 Å². The third kappa shape index (κ3) is 3.15. The minimum Gasteiger partial charge on any atom is -0.478 e. The van der Waals surface area contributed by atoms with Gasteiger partial charge >= 0.3 is 11.7 Å². The monoisotopic (exact) mass is 361 g/mol. The molecule has 9 nitrogen and oxygen atoms in total. The molecule has 0 amide bonds. The van der Waals surface area contributed by atoms with E-state index in [-0.39, 0.29) is 27.0 Å². The zero-order valence-electron chi connectivity index (χ0n) is 12.4. The first kappa shape index (κ1) is 16.5. The summed E-state index contributed by atoms with van der Waals surface area (Å²) in [5.41, 5.74) is -1.68. The van der Waals surface area contributed by atoms with Gasteiger partial charge in [-0.25, -0.2) is 18.0 Å². The number of H-pyrrole nitrogens is 2. The predicted molar refractivity (Wildman–Crippen MR) is 89.4 cm³/mol. The fraction of sp³-hybridized carbons (Fsp3) is 0. The molecule has 3 rings (SSSR count). The van der Waals surface area contributed by atoms with Gasteiger partial charge in [0, 0.05) is 0 Å². The molecule has 2 aromatic carbocycles. The van der Waals surface area contributed by atoms with Gasteiger partial charge in [-0.15, -0.1) is 0 Å². The molecule has 10 heteroatoms. The number of benzene rings is 2. The second-order valence-corrected chi connectivity index (χ2v) is 6.75. The number of fused-ring (bicyclic) bond motifs is 1. The molecule has 0 fully saturated rings. The number of para-hydroxylation sites is 1. The van der Waals surface area contributed by atoms with Gasteiger partial charge in [-0.05, 0) is 30.3 Å². The SMILES string of the molecule is O=C(O)c1ccccc1NS(=O)(=O)c1ccc2c(=O)[nH]c(=O)[nH]c2c1. The summed E-state index contributed by atoms with van der Waals surface area (Å²) in [6.45, 7) is 0. The molecular weight excluding hydrogens is 350 g/mol. The minimum absolute atomic E-state index is 0.0446. The van der Waals surface area contributed by atoms with E-state index in [1.54, 1.807) is 0 Å². The molecule has 0 radical (unpaired) electrons.